The molecule has 9 atom stereocenters. The fraction of sp³-hybridized carbons (Fsp3) is 0.645. The fourth-order valence-corrected chi connectivity index (χ4v) is 11.9. The number of aliphatic carboxylic acids is 1. The summed E-state index contributed by atoms with van der Waals surface area (Å²) in [4.78, 5) is 152. The van der Waals surface area contributed by atoms with E-state index >= 15 is 0 Å². The molecular formula is C62H92N8O13S. The number of ether oxygens (including phenoxy) is 1. The zero-order chi connectivity index (χ0) is 62.4. The van der Waals surface area contributed by atoms with E-state index in [1.807, 2.05) is 48.6 Å². The number of carbonyl (C=O) groups excluding carboxylic acids is 10. The van der Waals surface area contributed by atoms with Crippen molar-refractivity contribution in [2.75, 3.05) is 27.2 Å². The van der Waals surface area contributed by atoms with Crippen LogP contribution in [0.15, 0.2) is 41.8 Å². The highest BCUT2D eigenvalue weighted by atomic mass is 32.1. The number of aromatic nitrogens is 1. The molecule has 22 heteroatoms. The van der Waals surface area contributed by atoms with Crippen LogP contribution in [0.4, 0.5) is 4.79 Å². The van der Waals surface area contributed by atoms with Crippen molar-refractivity contribution in [1.29, 1.82) is 0 Å². The predicted octanol–water partition coefficient (Wildman–Crippen LogP) is 7.07. The first-order valence-electron chi connectivity index (χ1n) is 29.9. The number of primary amides is 2. The predicted molar refractivity (Wildman–Crippen MR) is 318 cm³/mol. The SMILES string of the molecule is CC[C@H](C)[C@H](CC(=O)[C@H]1CCCCN1C)C(=O)N(C)[C@H](C[C@@H](OC(N)=O)c1nc(C(=O)N[C@@H](Cc2ccc(CC(=O)[C@H](CCCCC(N)=O)NC(=O)[C@@H](CC(=O)CCCCCN3C(=O)C=CC3=O)C(C)C)cc2)C[C@H](C)C(=O)O)cs1)C(C)C. The van der Waals surface area contributed by atoms with Gasteiger partial charge in [0.1, 0.15) is 16.5 Å². The zero-order valence-corrected chi connectivity index (χ0v) is 51.5. The van der Waals surface area contributed by atoms with Crippen molar-refractivity contribution in [2.45, 2.75) is 194 Å². The number of unbranched alkanes of at least 4 members (excludes halogenated alkanes) is 3. The van der Waals surface area contributed by atoms with Crippen molar-refractivity contribution in [2.24, 2.45) is 47.0 Å². The van der Waals surface area contributed by atoms with Crippen molar-refractivity contribution in [3.63, 3.8) is 0 Å². The third-order valence-electron chi connectivity index (χ3n) is 16.5. The van der Waals surface area contributed by atoms with E-state index in [4.69, 9.17) is 16.2 Å². The Labute approximate surface area is 499 Å². The third kappa shape index (κ3) is 22.1. The summed E-state index contributed by atoms with van der Waals surface area (Å²) in [6, 6.07) is 4.67. The number of hydrogen-bond donors (Lipinski definition) is 5. The highest BCUT2D eigenvalue weighted by Gasteiger charge is 2.38. The van der Waals surface area contributed by atoms with Crippen LogP contribution in [0.3, 0.4) is 0 Å². The second-order valence-corrected chi connectivity index (χ2v) is 24.7. The summed E-state index contributed by atoms with van der Waals surface area (Å²) in [6.45, 7) is 14.1. The maximum atomic E-state index is 14.4. The number of nitrogens with zero attached hydrogens (tertiary/aromatic N) is 4. The van der Waals surface area contributed by atoms with Crippen molar-refractivity contribution in [1.82, 2.24) is 30.3 Å². The monoisotopic (exact) mass is 1190 g/mol. The molecule has 84 heavy (non-hydrogen) atoms. The number of carboxylic acids is 1. The molecule has 21 nitrogen and oxygen atoms in total. The number of likely N-dealkylation sites (N-methyl/N-ethyl adjacent to an activating group) is 1. The summed E-state index contributed by atoms with van der Waals surface area (Å²) >= 11 is 1.07. The van der Waals surface area contributed by atoms with Gasteiger partial charge in [0.2, 0.25) is 17.7 Å². The lowest BCUT2D eigenvalue weighted by molar-refractivity contribution is -0.143. The first-order chi connectivity index (χ1) is 39.7. The number of ketones is 3. The molecular weight excluding hydrogens is 1100 g/mol. The Hall–Kier alpha value is -6.68. The van der Waals surface area contributed by atoms with Crippen LogP contribution in [-0.4, -0.2) is 141 Å². The summed E-state index contributed by atoms with van der Waals surface area (Å²) in [5, 5.41) is 17.5. The highest BCUT2D eigenvalue weighted by molar-refractivity contribution is 7.09. The van der Waals surface area contributed by atoms with Crippen LogP contribution < -0.4 is 22.1 Å². The minimum absolute atomic E-state index is 0.0103. The van der Waals surface area contributed by atoms with Crippen LogP contribution >= 0.6 is 11.3 Å². The molecule has 0 unspecified atom stereocenters. The van der Waals surface area contributed by atoms with Crippen LogP contribution in [0.2, 0.25) is 0 Å². The molecule has 0 aliphatic carbocycles. The maximum absolute atomic E-state index is 14.4. The second kappa shape index (κ2) is 34.3. The van der Waals surface area contributed by atoms with Gasteiger partial charge in [-0.15, -0.1) is 11.3 Å². The van der Waals surface area contributed by atoms with Gasteiger partial charge in [-0.25, -0.2) is 9.78 Å². The number of carboxylic acid groups (broad SMARTS) is 1. The lowest BCUT2D eigenvalue weighted by atomic mass is 9.83. The molecule has 3 heterocycles. The Bertz CT molecular complexity index is 2620. The van der Waals surface area contributed by atoms with Gasteiger partial charge in [0.05, 0.1) is 18.0 Å². The number of piperidine rings is 1. The van der Waals surface area contributed by atoms with Crippen LogP contribution in [0.5, 0.6) is 0 Å². The van der Waals surface area contributed by atoms with E-state index in [9.17, 15) is 57.8 Å². The molecule has 1 fully saturated rings. The van der Waals surface area contributed by atoms with Crippen molar-refractivity contribution in [3.8, 4) is 0 Å². The molecule has 0 saturated carbocycles. The van der Waals surface area contributed by atoms with Crippen molar-refractivity contribution >= 4 is 76.2 Å². The van der Waals surface area contributed by atoms with Gasteiger partial charge in [-0.1, -0.05) is 98.4 Å². The van der Waals surface area contributed by atoms with E-state index in [0.717, 1.165) is 47.6 Å². The van der Waals surface area contributed by atoms with Gasteiger partial charge >= 0.3 is 12.1 Å². The topological polar surface area (TPSA) is 316 Å². The number of rotatable bonds is 38. The number of Topliss-reactive ketones (excluding diaryl/α,β-unsaturated/α-hetero) is 3. The van der Waals surface area contributed by atoms with Gasteiger partial charge in [0, 0.05) is 93.6 Å². The lowest BCUT2D eigenvalue weighted by Crippen LogP contribution is -2.48. The van der Waals surface area contributed by atoms with Gasteiger partial charge in [-0.3, -0.25) is 57.7 Å². The van der Waals surface area contributed by atoms with E-state index in [0.29, 0.717) is 44.1 Å². The first-order valence-corrected chi connectivity index (χ1v) is 30.8. The minimum Gasteiger partial charge on any atom is -0.481 e. The lowest BCUT2D eigenvalue weighted by Gasteiger charge is -2.37. The average Bonchev–Trinajstić information content (AvgIpc) is 3.92. The van der Waals surface area contributed by atoms with Gasteiger partial charge in [0.15, 0.2) is 17.7 Å². The summed E-state index contributed by atoms with van der Waals surface area (Å²) in [5.41, 5.74) is 12.3. The van der Waals surface area contributed by atoms with Crippen molar-refractivity contribution in [3.05, 3.63) is 63.6 Å². The largest absolute Gasteiger partial charge is 0.481 e. The number of imide groups is 1. The zero-order valence-electron chi connectivity index (χ0n) is 50.7. The molecule has 0 bridgehead atoms. The maximum Gasteiger partial charge on any atom is 0.405 e. The third-order valence-corrected chi connectivity index (χ3v) is 17.5. The number of thiazole rings is 1. The smallest absolute Gasteiger partial charge is 0.405 e. The number of nitrogens with two attached hydrogens (primary N) is 2. The van der Waals surface area contributed by atoms with Crippen molar-refractivity contribution < 1.29 is 62.6 Å². The summed E-state index contributed by atoms with van der Waals surface area (Å²) in [7, 11) is 3.64. The van der Waals surface area contributed by atoms with Gasteiger partial charge < -0.3 is 36.8 Å². The molecule has 1 aromatic carbocycles. The summed E-state index contributed by atoms with van der Waals surface area (Å²) in [5.74, 6) is -6.45. The molecule has 1 saturated heterocycles. The second-order valence-electron chi connectivity index (χ2n) is 23.8. The molecule has 0 radical (unpaired) electrons. The van der Waals surface area contributed by atoms with E-state index in [1.54, 1.807) is 36.2 Å². The number of nitrogens with one attached hydrogen (secondary N) is 2. The number of hydrogen-bond acceptors (Lipinski definition) is 15. The number of likely N-dealkylation sites (tertiary alicyclic amines) is 1. The van der Waals surface area contributed by atoms with Gasteiger partial charge in [-0.05, 0) is 93.8 Å². The molecule has 2 aliphatic heterocycles. The first kappa shape index (κ1) is 69.8. The van der Waals surface area contributed by atoms with E-state index in [2.05, 4.69) is 20.5 Å². The molecule has 2 aliphatic rings. The van der Waals surface area contributed by atoms with Gasteiger partial charge in [0.25, 0.3) is 17.7 Å². The summed E-state index contributed by atoms with van der Waals surface area (Å²) < 4.78 is 5.63. The quantitative estimate of drug-likeness (QED) is 0.0332. The Balaban J connectivity index is 1.44. The highest BCUT2D eigenvalue weighted by Crippen LogP contribution is 2.33. The molecule has 0 spiro atoms. The van der Waals surface area contributed by atoms with Gasteiger partial charge in [-0.2, -0.15) is 0 Å². The fourth-order valence-electron chi connectivity index (χ4n) is 11.1. The molecule has 7 amide bonds. The van der Waals surface area contributed by atoms with Crippen LogP contribution in [0.1, 0.15) is 184 Å². The molecule has 4 rings (SSSR count). The van der Waals surface area contributed by atoms with Crippen LogP contribution in [0.25, 0.3) is 0 Å². The Kier molecular flexibility index (Phi) is 28.5. The summed E-state index contributed by atoms with van der Waals surface area (Å²) in [6.07, 6.45) is 7.15. The Morgan fingerprint density at radius 3 is 2.07 bits per heavy atom. The number of carbonyl (C=O) groups is 11. The standard InChI is InChI=1S/C62H92N8O13S/c1-10-39(6)46(34-52(73)49-20-15-17-28-68(49)8)60(79)69(9)50(38(4)5)35-53(83-62(64)82)59-67-48(36-84-59)58(78)65-43(30-40(7)61(80)81)31-41-22-24-42(25-23-41)32-51(72)47(19-13-14-21-54(63)74)66-57(77)45(37(2)3)33-44(71)18-12-11-16-29-70-55(75)26-27-56(70)76/h22-27,36-40,43,45-47,49-50,53H,10-21,28-35H2,1-9H3,(H2,63,74)(H2,64,82)(H,65,78)(H,66,77)(H,80,81)/t39-,40-,43+,45-,46-,47-,49+,50+,53+/m0/s1. The van der Waals surface area contributed by atoms with Crippen LogP contribution in [0, 0.1) is 35.5 Å². The Morgan fingerprint density at radius 2 is 1.48 bits per heavy atom. The number of amides is 7. The molecule has 2 aromatic rings. The molecule has 7 N–H and O–H groups in total. The van der Waals surface area contributed by atoms with E-state index < -0.39 is 71.8 Å². The normalized spacial score (nSPS) is 17.4. The molecule has 1 aromatic heterocycles. The number of benzene rings is 1. The Morgan fingerprint density at radius 1 is 0.821 bits per heavy atom. The average molecular weight is 1190 g/mol. The van der Waals surface area contributed by atoms with E-state index in [1.165, 1.54) is 24.5 Å². The molecule has 464 valence electrons. The minimum atomic E-state index is -1.08. The van der Waals surface area contributed by atoms with Crippen LogP contribution in [-0.2, 0) is 60.7 Å². The van der Waals surface area contributed by atoms with E-state index in [-0.39, 0.29) is 134 Å².